The normalized spacial score (nSPS) is 17.4. The second-order valence-corrected chi connectivity index (χ2v) is 4.65. The zero-order valence-electron chi connectivity index (χ0n) is 10.0. The first kappa shape index (κ1) is 11.9. The molecular weight excluding hydrogens is 222 g/mol. The number of H-pyrrole nitrogens is 1. The van der Waals surface area contributed by atoms with E-state index in [-0.39, 0.29) is 11.9 Å². The van der Waals surface area contributed by atoms with Gasteiger partial charge in [-0.3, -0.25) is 19.2 Å². The van der Waals surface area contributed by atoms with E-state index in [1.807, 2.05) is 14.0 Å². The second kappa shape index (κ2) is 4.37. The van der Waals surface area contributed by atoms with Crippen LogP contribution in [0.15, 0.2) is 15.7 Å². The molecule has 17 heavy (non-hydrogen) atoms. The molecule has 0 radical (unpaired) electrons. The molecular formula is C11H17N3O3. The van der Waals surface area contributed by atoms with E-state index in [4.69, 9.17) is 0 Å². The van der Waals surface area contributed by atoms with Gasteiger partial charge in [0, 0.05) is 18.6 Å². The quantitative estimate of drug-likeness (QED) is 0.758. The average molecular weight is 239 g/mol. The Morgan fingerprint density at radius 1 is 1.59 bits per heavy atom. The Morgan fingerprint density at radius 3 is 2.76 bits per heavy atom. The van der Waals surface area contributed by atoms with Crippen LogP contribution in [0.25, 0.3) is 0 Å². The molecule has 1 aromatic heterocycles. The third kappa shape index (κ3) is 2.58. The number of aromatic amines is 1. The first-order valence-electron chi connectivity index (χ1n) is 5.74. The van der Waals surface area contributed by atoms with Crippen molar-refractivity contribution in [3.05, 3.63) is 26.9 Å². The maximum absolute atomic E-state index is 11.5. The highest BCUT2D eigenvalue weighted by Crippen LogP contribution is 2.27. The van der Waals surface area contributed by atoms with E-state index in [0.29, 0.717) is 12.6 Å². The monoisotopic (exact) mass is 239 g/mol. The molecule has 1 saturated carbocycles. The number of rotatable bonds is 4. The van der Waals surface area contributed by atoms with Crippen LogP contribution in [-0.2, 0) is 6.54 Å². The lowest BCUT2D eigenvalue weighted by Crippen LogP contribution is -2.39. The second-order valence-electron chi connectivity index (χ2n) is 4.65. The van der Waals surface area contributed by atoms with E-state index >= 15 is 0 Å². The average Bonchev–Trinajstić information content (AvgIpc) is 3.05. The summed E-state index contributed by atoms with van der Waals surface area (Å²) in [5.74, 6) is -0.283. The van der Waals surface area contributed by atoms with Gasteiger partial charge in [-0.2, -0.15) is 0 Å². The number of nitrogens with one attached hydrogen (secondary N) is 1. The van der Waals surface area contributed by atoms with Gasteiger partial charge in [0.15, 0.2) is 0 Å². The molecule has 0 aromatic carbocycles. The van der Waals surface area contributed by atoms with Crippen molar-refractivity contribution in [3.63, 3.8) is 0 Å². The summed E-state index contributed by atoms with van der Waals surface area (Å²) in [4.78, 5) is 26.8. The molecule has 1 heterocycles. The Balaban J connectivity index is 2.18. The van der Waals surface area contributed by atoms with Crippen molar-refractivity contribution < 1.29 is 5.11 Å². The van der Waals surface area contributed by atoms with Crippen LogP contribution >= 0.6 is 0 Å². The molecule has 1 aromatic rings. The van der Waals surface area contributed by atoms with Crippen molar-refractivity contribution in [1.82, 2.24) is 14.5 Å². The Hall–Kier alpha value is -1.56. The van der Waals surface area contributed by atoms with Gasteiger partial charge in [-0.05, 0) is 26.8 Å². The Labute approximate surface area is 98.5 Å². The predicted octanol–water partition coefficient (Wildman–Crippen LogP) is -0.275. The van der Waals surface area contributed by atoms with Gasteiger partial charge in [-0.25, -0.2) is 4.79 Å². The van der Waals surface area contributed by atoms with Crippen LogP contribution in [0.4, 0.5) is 0 Å². The first-order chi connectivity index (χ1) is 7.99. The number of nitrogens with zero attached hydrogens (tertiary/aromatic N) is 2. The molecule has 2 rings (SSSR count). The number of likely N-dealkylation sites (N-methyl/N-ethyl adjacent to an activating group) is 1. The number of aromatic nitrogens is 2. The molecule has 1 unspecified atom stereocenters. The SMILES string of the molecule is CC(Cn1c(O)cc(=O)[nH]c1=O)N(C)C1CC1. The highest BCUT2D eigenvalue weighted by Gasteiger charge is 2.29. The molecule has 0 aliphatic heterocycles. The van der Waals surface area contributed by atoms with Crippen LogP contribution in [0.3, 0.4) is 0 Å². The third-order valence-electron chi connectivity index (χ3n) is 3.28. The van der Waals surface area contributed by atoms with Gasteiger partial charge in [0.05, 0.1) is 6.07 Å². The predicted molar refractivity (Wildman–Crippen MR) is 63.2 cm³/mol. The molecule has 0 saturated heterocycles. The molecule has 6 heteroatoms. The fourth-order valence-corrected chi connectivity index (χ4v) is 1.92. The minimum atomic E-state index is -0.577. The Bertz CT molecular complexity index is 515. The molecule has 0 bridgehead atoms. The minimum Gasteiger partial charge on any atom is -0.494 e. The Kier molecular flexibility index (Phi) is 3.06. The molecule has 6 nitrogen and oxygen atoms in total. The van der Waals surface area contributed by atoms with Crippen LogP contribution in [0, 0.1) is 0 Å². The smallest absolute Gasteiger partial charge is 0.331 e. The summed E-state index contributed by atoms with van der Waals surface area (Å²) < 4.78 is 1.19. The van der Waals surface area contributed by atoms with E-state index in [1.165, 1.54) is 17.4 Å². The molecule has 94 valence electrons. The summed E-state index contributed by atoms with van der Waals surface area (Å²) in [6.07, 6.45) is 2.38. The van der Waals surface area contributed by atoms with E-state index in [9.17, 15) is 14.7 Å². The van der Waals surface area contributed by atoms with E-state index in [0.717, 1.165) is 6.07 Å². The van der Waals surface area contributed by atoms with Gasteiger partial charge in [-0.1, -0.05) is 0 Å². The molecule has 0 amide bonds. The van der Waals surface area contributed by atoms with E-state index in [1.54, 1.807) is 0 Å². The largest absolute Gasteiger partial charge is 0.494 e. The standard InChI is InChI=1S/C11H17N3O3/c1-7(13(2)8-3-4-8)6-14-10(16)5-9(15)12-11(14)17/h5,7-8,16H,3-4,6H2,1-2H3,(H,12,15,17). The zero-order chi connectivity index (χ0) is 12.6. The lowest BCUT2D eigenvalue weighted by Gasteiger charge is -2.25. The molecule has 1 atom stereocenters. The van der Waals surface area contributed by atoms with Crippen molar-refractivity contribution in [2.24, 2.45) is 0 Å². The van der Waals surface area contributed by atoms with Crippen LogP contribution in [-0.4, -0.2) is 38.7 Å². The van der Waals surface area contributed by atoms with E-state index < -0.39 is 11.2 Å². The van der Waals surface area contributed by atoms with Crippen LogP contribution in [0.5, 0.6) is 5.88 Å². The lowest BCUT2D eigenvalue weighted by molar-refractivity contribution is 0.216. The van der Waals surface area contributed by atoms with Gasteiger partial charge in [0.2, 0.25) is 5.88 Å². The molecule has 0 spiro atoms. The zero-order valence-corrected chi connectivity index (χ0v) is 10.0. The minimum absolute atomic E-state index is 0.136. The summed E-state index contributed by atoms with van der Waals surface area (Å²) in [6, 6.07) is 1.74. The van der Waals surface area contributed by atoms with E-state index in [2.05, 4.69) is 9.88 Å². The van der Waals surface area contributed by atoms with Crippen molar-refractivity contribution >= 4 is 0 Å². The van der Waals surface area contributed by atoms with Crippen molar-refractivity contribution in [3.8, 4) is 5.88 Å². The first-order valence-corrected chi connectivity index (χ1v) is 5.74. The number of hydrogen-bond donors (Lipinski definition) is 2. The van der Waals surface area contributed by atoms with Crippen molar-refractivity contribution in [2.45, 2.75) is 38.4 Å². The van der Waals surface area contributed by atoms with Crippen LogP contribution in [0.2, 0.25) is 0 Å². The fourth-order valence-electron chi connectivity index (χ4n) is 1.92. The van der Waals surface area contributed by atoms with Gasteiger partial charge >= 0.3 is 5.69 Å². The Morgan fingerprint density at radius 2 is 2.24 bits per heavy atom. The molecule has 1 aliphatic carbocycles. The number of aromatic hydroxyl groups is 1. The summed E-state index contributed by atoms with van der Waals surface area (Å²) >= 11 is 0. The van der Waals surface area contributed by atoms with Crippen molar-refractivity contribution in [2.75, 3.05) is 7.05 Å². The summed E-state index contributed by atoms with van der Waals surface area (Å²) in [6.45, 7) is 2.36. The maximum atomic E-state index is 11.5. The lowest BCUT2D eigenvalue weighted by atomic mass is 10.3. The van der Waals surface area contributed by atoms with Gasteiger partial charge in [0.25, 0.3) is 5.56 Å². The topological polar surface area (TPSA) is 78.3 Å². The molecule has 2 N–H and O–H groups in total. The van der Waals surface area contributed by atoms with Gasteiger partial charge in [-0.15, -0.1) is 0 Å². The fraction of sp³-hybridized carbons (Fsp3) is 0.636. The van der Waals surface area contributed by atoms with Crippen LogP contribution in [0.1, 0.15) is 19.8 Å². The van der Waals surface area contributed by atoms with Gasteiger partial charge in [0.1, 0.15) is 0 Å². The summed E-state index contributed by atoms with van der Waals surface area (Å²) in [7, 11) is 2.01. The molecule has 1 aliphatic rings. The van der Waals surface area contributed by atoms with Gasteiger partial charge < -0.3 is 5.11 Å². The van der Waals surface area contributed by atoms with Crippen LogP contribution < -0.4 is 11.2 Å². The maximum Gasteiger partial charge on any atom is 0.331 e. The number of hydrogen-bond acceptors (Lipinski definition) is 4. The molecule has 1 fully saturated rings. The summed E-state index contributed by atoms with van der Waals surface area (Å²) in [5, 5.41) is 9.58. The highest BCUT2D eigenvalue weighted by atomic mass is 16.3. The summed E-state index contributed by atoms with van der Waals surface area (Å²) in [5.41, 5.74) is -1.14. The highest BCUT2D eigenvalue weighted by molar-refractivity contribution is 5.06. The third-order valence-corrected chi connectivity index (χ3v) is 3.28. The van der Waals surface area contributed by atoms with Crippen molar-refractivity contribution in [1.29, 1.82) is 0 Å².